The zero-order chi connectivity index (χ0) is 9.78. The zero-order valence-corrected chi connectivity index (χ0v) is 6.95. The van der Waals surface area contributed by atoms with Crippen LogP contribution in [-0.4, -0.2) is 19.2 Å². The second kappa shape index (κ2) is 4.25. The average Bonchev–Trinajstić information content (AvgIpc) is 1.97. The minimum atomic E-state index is -4.45. The van der Waals surface area contributed by atoms with Gasteiger partial charge < -0.3 is 0 Å². The molecule has 0 rings (SSSR count). The van der Waals surface area contributed by atoms with Gasteiger partial charge in [0, 0.05) is 0 Å². The maximum absolute atomic E-state index is 11.9. The molecule has 0 unspecified atom stereocenters. The summed E-state index contributed by atoms with van der Waals surface area (Å²) in [6.07, 6.45) is -3.60. The van der Waals surface area contributed by atoms with Crippen molar-refractivity contribution in [2.75, 3.05) is 0 Å². The van der Waals surface area contributed by atoms with Crippen LogP contribution in [0.15, 0.2) is 20.7 Å². The lowest BCUT2D eigenvalue weighted by molar-refractivity contribution is -0.0917. The van der Waals surface area contributed by atoms with Crippen LogP contribution in [0.2, 0.25) is 0 Å². The Morgan fingerprint density at radius 1 is 1.50 bits per heavy atom. The van der Waals surface area contributed by atoms with Crippen LogP contribution in [0, 0.1) is 0 Å². The first-order valence-corrected chi connectivity index (χ1v) is 3.19. The van der Waals surface area contributed by atoms with E-state index in [-0.39, 0.29) is 0 Å². The summed E-state index contributed by atoms with van der Waals surface area (Å²) in [7, 11) is 0. The largest absolute Gasteiger partial charge is 0.415 e. The summed E-state index contributed by atoms with van der Waals surface area (Å²) in [6, 6.07) is 0. The maximum atomic E-state index is 11.9. The van der Waals surface area contributed by atoms with Crippen LogP contribution in [0.4, 0.5) is 13.2 Å². The normalized spacial score (nSPS) is 14.8. The van der Waals surface area contributed by atoms with Crippen molar-refractivity contribution in [1.82, 2.24) is 0 Å². The van der Waals surface area contributed by atoms with Gasteiger partial charge in [0.05, 0.1) is 5.57 Å². The van der Waals surface area contributed by atoms with E-state index < -0.39 is 16.9 Å². The van der Waals surface area contributed by atoms with Crippen molar-refractivity contribution in [3.63, 3.8) is 0 Å². The van der Waals surface area contributed by atoms with Crippen molar-refractivity contribution >= 4 is 24.7 Å². The third-order valence-corrected chi connectivity index (χ3v) is 1.37. The summed E-state index contributed by atoms with van der Waals surface area (Å²) in [6.45, 7) is 3.83. The van der Waals surface area contributed by atoms with Gasteiger partial charge in [-0.2, -0.15) is 13.2 Å². The molecule has 0 saturated heterocycles. The van der Waals surface area contributed by atoms with Crippen LogP contribution in [0.5, 0.6) is 0 Å². The molecular weight excluding hydrogens is 193 g/mol. The van der Waals surface area contributed by atoms with E-state index in [4.69, 9.17) is 11.6 Å². The van der Waals surface area contributed by atoms with E-state index in [9.17, 15) is 13.2 Å². The van der Waals surface area contributed by atoms with Gasteiger partial charge in [-0.15, -0.1) is 0 Å². The number of hydrogen-bond donors (Lipinski definition) is 0. The molecule has 0 amide bonds. The third kappa shape index (κ3) is 3.52. The van der Waals surface area contributed by atoms with E-state index >= 15 is 0 Å². The number of allylic oxidation sites excluding steroid dienone is 1. The van der Waals surface area contributed by atoms with E-state index in [0.29, 0.717) is 0 Å². The molecule has 0 aromatic carbocycles. The highest BCUT2D eigenvalue weighted by Crippen LogP contribution is 2.29. The Kier molecular flexibility index (Phi) is 3.95. The SMILES string of the molecule is C=N/C=N\C(Cl)=C(/C)C(F)(F)F. The molecular formula is C6H6ClF3N2. The van der Waals surface area contributed by atoms with E-state index in [1.165, 1.54) is 0 Å². The smallest absolute Gasteiger partial charge is 0.253 e. The van der Waals surface area contributed by atoms with Crippen molar-refractivity contribution in [2.24, 2.45) is 9.98 Å². The van der Waals surface area contributed by atoms with Gasteiger partial charge >= 0.3 is 6.18 Å². The molecule has 0 atom stereocenters. The van der Waals surface area contributed by atoms with Gasteiger partial charge in [-0.3, -0.25) is 4.99 Å². The van der Waals surface area contributed by atoms with Gasteiger partial charge in [-0.1, -0.05) is 11.6 Å². The lowest BCUT2D eigenvalue weighted by Gasteiger charge is -2.05. The Labute approximate surface area is 72.5 Å². The minimum absolute atomic E-state index is 0.630. The Morgan fingerprint density at radius 2 is 2.00 bits per heavy atom. The van der Waals surface area contributed by atoms with E-state index in [0.717, 1.165) is 13.3 Å². The monoisotopic (exact) mass is 198 g/mol. The van der Waals surface area contributed by atoms with Gasteiger partial charge in [0.15, 0.2) is 0 Å². The van der Waals surface area contributed by atoms with Gasteiger partial charge in [0.1, 0.15) is 11.5 Å². The fraction of sp³-hybridized carbons (Fsp3) is 0.333. The molecule has 0 aromatic heterocycles. The molecule has 2 nitrogen and oxygen atoms in total. The molecule has 0 N–H and O–H groups in total. The Hall–Kier alpha value is -0.840. The predicted molar refractivity (Wildman–Crippen MR) is 42.6 cm³/mol. The second-order valence-corrected chi connectivity index (χ2v) is 2.20. The molecule has 68 valence electrons. The standard InChI is InChI=1S/C6H6ClF3N2/c1-4(6(8,9)10)5(7)12-3-11-2/h3H,2H2,1H3/b5-4+,12-3-. The molecule has 12 heavy (non-hydrogen) atoms. The Balaban J connectivity index is 4.69. The molecule has 0 heterocycles. The highest BCUT2D eigenvalue weighted by molar-refractivity contribution is 6.30. The van der Waals surface area contributed by atoms with Gasteiger partial charge in [-0.05, 0) is 13.6 Å². The zero-order valence-electron chi connectivity index (χ0n) is 6.19. The molecule has 0 aliphatic carbocycles. The number of halogens is 4. The molecule has 0 bridgehead atoms. The van der Waals surface area contributed by atoms with Crippen LogP contribution in [0.1, 0.15) is 6.92 Å². The van der Waals surface area contributed by atoms with E-state index in [1.54, 1.807) is 0 Å². The number of rotatable bonds is 2. The van der Waals surface area contributed by atoms with Crippen molar-refractivity contribution < 1.29 is 13.2 Å². The summed E-state index contributed by atoms with van der Waals surface area (Å²) >= 11 is 5.17. The first kappa shape index (κ1) is 11.2. The van der Waals surface area contributed by atoms with E-state index in [2.05, 4.69) is 16.7 Å². The first-order chi connectivity index (χ1) is 5.39. The molecule has 0 aromatic rings. The van der Waals surface area contributed by atoms with Gasteiger partial charge in [0.2, 0.25) is 0 Å². The predicted octanol–water partition coefficient (Wildman–Crippen LogP) is 2.75. The highest BCUT2D eigenvalue weighted by Gasteiger charge is 2.32. The molecule has 0 spiro atoms. The molecule has 0 radical (unpaired) electrons. The Morgan fingerprint density at radius 3 is 2.33 bits per heavy atom. The topological polar surface area (TPSA) is 24.7 Å². The third-order valence-electron chi connectivity index (χ3n) is 0.987. The Bertz CT molecular complexity index is 229. The molecule has 0 aliphatic rings. The lowest BCUT2D eigenvalue weighted by atomic mass is 10.3. The quantitative estimate of drug-likeness (QED) is 0.370. The van der Waals surface area contributed by atoms with Crippen molar-refractivity contribution in [1.29, 1.82) is 0 Å². The second-order valence-electron chi connectivity index (χ2n) is 1.84. The van der Waals surface area contributed by atoms with Crippen molar-refractivity contribution in [3.05, 3.63) is 10.7 Å². The average molecular weight is 199 g/mol. The number of alkyl halides is 3. The van der Waals surface area contributed by atoms with Crippen LogP contribution in [-0.2, 0) is 0 Å². The summed E-state index contributed by atoms with van der Waals surface area (Å²) in [4.78, 5) is 6.29. The fourth-order valence-electron chi connectivity index (χ4n) is 0.305. The summed E-state index contributed by atoms with van der Waals surface area (Å²) < 4.78 is 35.6. The molecule has 6 heteroatoms. The van der Waals surface area contributed by atoms with Crippen LogP contribution in [0.3, 0.4) is 0 Å². The van der Waals surface area contributed by atoms with Gasteiger partial charge in [0.25, 0.3) is 0 Å². The number of nitrogens with zero attached hydrogens (tertiary/aromatic N) is 2. The first-order valence-electron chi connectivity index (χ1n) is 2.81. The van der Waals surface area contributed by atoms with Crippen LogP contribution in [0.25, 0.3) is 0 Å². The fourth-order valence-corrected chi connectivity index (χ4v) is 0.456. The van der Waals surface area contributed by atoms with Gasteiger partial charge in [-0.25, -0.2) is 4.99 Å². The number of hydrogen-bond acceptors (Lipinski definition) is 1. The van der Waals surface area contributed by atoms with Crippen molar-refractivity contribution in [3.8, 4) is 0 Å². The summed E-state index contributed by atoms with van der Waals surface area (Å²) in [5.74, 6) is 0. The summed E-state index contributed by atoms with van der Waals surface area (Å²) in [5.41, 5.74) is -0.955. The van der Waals surface area contributed by atoms with Crippen LogP contribution < -0.4 is 0 Å². The van der Waals surface area contributed by atoms with Crippen LogP contribution >= 0.6 is 11.6 Å². The molecule has 0 fully saturated rings. The highest BCUT2D eigenvalue weighted by atomic mass is 35.5. The molecule has 0 aliphatic heterocycles. The minimum Gasteiger partial charge on any atom is -0.253 e. The molecule has 0 saturated carbocycles. The van der Waals surface area contributed by atoms with E-state index in [1.807, 2.05) is 0 Å². The summed E-state index contributed by atoms with van der Waals surface area (Å²) in [5, 5.41) is -0.630. The number of aliphatic imine (C=N–C) groups is 2. The van der Waals surface area contributed by atoms with Crippen molar-refractivity contribution in [2.45, 2.75) is 13.1 Å². The maximum Gasteiger partial charge on any atom is 0.415 e. The lowest BCUT2D eigenvalue weighted by Crippen LogP contribution is -2.09.